The van der Waals surface area contributed by atoms with Gasteiger partial charge in [-0.2, -0.15) is 0 Å². The lowest BCUT2D eigenvalue weighted by molar-refractivity contribution is 0.184. The molecule has 1 aromatic heterocycles. The van der Waals surface area contributed by atoms with Crippen molar-refractivity contribution in [1.82, 2.24) is 10.3 Å². The van der Waals surface area contributed by atoms with Crippen molar-refractivity contribution in [2.45, 2.75) is 53.4 Å². The van der Waals surface area contributed by atoms with E-state index in [4.69, 9.17) is 4.98 Å². The summed E-state index contributed by atoms with van der Waals surface area (Å²) in [6.45, 7) is 11.2. The maximum Gasteiger partial charge on any atom is 0.0933 e. The number of aryl methyl sites for hydroxylation is 2. The third kappa shape index (κ3) is 4.03. The zero-order valence-electron chi connectivity index (χ0n) is 12.8. The Morgan fingerprint density at radius 3 is 2.68 bits per heavy atom. The third-order valence-corrected chi connectivity index (χ3v) is 5.66. The van der Waals surface area contributed by atoms with Crippen molar-refractivity contribution < 1.29 is 0 Å². The van der Waals surface area contributed by atoms with Crippen LogP contribution in [0.3, 0.4) is 0 Å². The smallest absolute Gasteiger partial charge is 0.0933 e. The van der Waals surface area contributed by atoms with Crippen molar-refractivity contribution in [1.29, 1.82) is 0 Å². The molecule has 0 spiro atoms. The Labute approximate surface area is 122 Å². The number of thiazole rings is 1. The standard InChI is InChI=1S/C16H28N2S/c1-5-17-10-14-7-6-11(2)8-15(14)9-16-18-12(3)13(4)19-16/h11,14-15,17H,5-10H2,1-4H3. The van der Waals surface area contributed by atoms with Crippen LogP contribution in [0.5, 0.6) is 0 Å². The molecule has 1 aliphatic rings. The van der Waals surface area contributed by atoms with Gasteiger partial charge in [-0.05, 0) is 57.5 Å². The van der Waals surface area contributed by atoms with Gasteiger partial charge in [0.1, 0.15) is 0 Å². The molecule has 108 valence electrons. The van der Waals surface area contributed by atoms with Gasteiger partial charge in [0.05, 0.1) is 10.7 Å². The van der Waals surface area contributed by atoms with E-state index in [2.05, 4.69) is 33.0 Å². The molecule has 0 bridgehead atoms. The molecule has 1 aliphatic carbocycles. The summed E-state index contributed by atoms with van der Waals surface area (Å²) in [5.74, 6) is 2.57. The summed E-state index contributed by atoms with van der Waals surface area (Å²) in [5.41, 5.74) is 1.23. The van der Waals surface area contributed by atoms with Crippen molar-refractivity contribution in [2.75, 3.05) is 13.1 Å². The summed E-state index contributed by atoms with van der Waals surface area (Å²) >= 11 is 1.90. The number of rotatable bonds is 5. The van der Waals surface area contributed by atoms with Crippen LogP contribution in [-0.2, 0) is 6.42 Å². The molecule has 3 unspecified atom stereocenters. The van der Waals surface area contributed by atoms with E-state index >= 15 is 0 Å². The molecule has 3 atom stereocenters. The van der Waals surface area contributed by atoms with Gasteiger partial charge in [-0.25, -0.2) is 4.98 Å². The average Bonchev–Trinajstić information content (AvgIpc) is 2.67. The molecule has 0 aliphatic heterocycles. The van der Waals surface area contributed by atoms with Gasteiger partial charge >= 0.3 is 0 Å². The second kappa shape index (κ2) is 6.85. The highest BCUT2D eigenvalue weighted by molar-refractivity contribution is 7.11. The normalized spacial score (nSPS) is 27.7. The van der Waals surface area contributed by atoms with E-state index in [1.54, 1.807) is 0 Å². The lowest BCUT2D eigenvalue weighted by atomic mass is 9.73. The fourth-order valence-corrected chi connectivity index (χ4v) is 4.29. The van der Waals surface area contributed by atoms with Crippen LogP contribution in [0.15, 0.2) is 0 Å². The number of hydrogen-bond donors (Lipinski definition) is 1. The maximum atomic E-state index is 4.74. The summed E-state index contributed by atoms with van der Waals surface area (Å²) in [4.78, 5) is 6.13. The Morgan fingerprint density at radius 1 is 1.26 bits per heavy atom. The molecule has 19 heavy (non-hydrogen) atoms. The first kappa shape index (κ1) is 15.0. The molecule has 1 N–H and O–H groups in total. The van der Waals surface area contributed by atoms with E-state index in [-0.39, 0.29) is 0 Å². The fourth-order valence-electron chi connectivity index (χ4n) is 3.26. The predicted octanol–water partition coefficient (Wildman–Crippen LogP) is 3.96. The highest BCUT2D eigenvalue weighted by Gasteiger charge is 2.29. The van der Waals surface area contributed by atoms with Gasteiger partial charge in [-0.1, -0.05) is 20.3 Å². The molecule has 1 aromatic rings. The van der Waals surface area contributed by atoms with E-state index in [1.807, 2.05) is 11.3 Å². The van der Waals surface area contributed by atoms with Crippen molar-refractivity contribution in [3.63, 3.8) is 0 Å². The molecule has 2 rings (SSSR count). The molecular weight excluding hydrogens is 252 g/mol. The number of nitrogens with zero attached hydrogens (tertiary/aromatic N) is 1. The van der Waals surface area contributed by atoms with Crippen molar-refractivity contribution in [2.24, 2.45) is 17.8 Å². The Bertz CT molecular complexity index is 378. The van der Waals surface area contributed by atoms with E-state index < -0.39 is 0 Å². The van der Waals surface area contributed by atoms with Gasteiger partial charge < -0.3 is 5.32 Å². The molecule has 1 fully saturated rings. The second-order valence-corrected chi connectivity index (χ2v) is 7.49. The lowest BCUT2D eigenvalue weighted by Crippen LogP contribution is -2.33. The highest BCUT2D eigenvalue weighted by Crippen LogP contribution is 2.36. The fraction of sp³-hybridized carbons (Fsp3) is 0.812. The molecule has 0 radical (unpaired) electrons. The number of nitrogens with one attached hydrogen (secondary N) is 1. The summed E-state index contributed by atoms with van der Waals surface area (Å²) in [5, 5.41) is 4.91. The van der Waals surface area contributed by atoms with Crippen LogP contribution < -0.4 is 5.32 Å². The topological polar surface area (TPSA) is 24.9 Å². The summed E-state index contributed by atoms with van der Waals surface area (Å²) in [7, 11) is 0. The van der Waals surface area contributed by atoms with Gasteiger partial charge in [0, 0.05) is 11.3 Å². The second-order valence-electron chi connectivity index (χ2n) is 6.20. The minimum atomic E-state index is 0.827. The Balaban J connectivity index is 2.00. The molecule has 0 aromatic carbocycles. The number of aromatic nitrogens is 1. The monoisotopic (exact) mass is 280 g/mol. The van der Waals surface area contributed by atoms with Crippen LogP contribution in [0.25, 0.3) is 0 Å². The van der Waals surface area contributed by atoms with Crippen LogP contribution in [0, 0.1) is 31.6 Å². The van der Waals surface area contributed by atoms with Gasteiger partial charge in [0.15, 0.2) is 0 Å². The molecule has 2 nitrogen and oxygen atoms in total. The Hall–Kier alpha value is -0.410. The van der Waals surface area contributed by atoms with Gasteiger partial charge in [0.25, 0.3) is 0 Å². The van der Waals surface area contributed by atoms with E-state index in [0.717, 1.165) is 24.3 Å². The van der Waals surface area contributed by atoms with Crippen LogP contribution in [0.2, 0.25) is 0 Å². The first-order chi connectivity index (χ1) is 9.10. The zero-order chi connectivity index (χ0) is 13.8. The van der Waals surface area contributed by atoms with Crippen LogP contribution >= 0.6 is 11.3 Å². The molecule has 0 saturated heterocycles. The summed E-state index contributed by atoms with van der Waals surface area (Å²) in [6.07, 6.45) is 5.37. The highest BCUT2D eigenvalue weighted by atomic mass is 32.1. The maximum absolute atomic E-state index is 4.74. The molecule has 0 amide bonds. The molecular formula is C16H28N2S. The minimum absolute atomic E-state index is 0.827. The van der Waals surface area contributed by atoms with Crippen molar-refractivity contribution in [3.05, 3.63) is 15.6 Å². The molecule has 1 heterocycles. The van der Waals surface area contributed by atoms with Crippen molar-refractivity contribution in [3.8, 4) is 0 Å². The summed E-state index contributed by atoms with van der Waals surface area (Å²) < 4.78 is 0. The third-order valence-electron chi connectivity index (χ3n) is 4.57. The van der Waals surface area contributed by atoms with Crippen LogP contribution in [-0.4, -0.2) is 18.1 Å². The first-order valence-corrected chi connectivity index (χ1v) is 8.55. The van der Waals surface area contributed by atoms with Crippen LogP contribution in [0.4, 0.5) is 0 Å². The Morgan fingerprint density at radius 2 is 2.05 bits per heavy atom. The Kier molecular flexibility index (Phi) is 5.40. The van der Waals surface area contributed by atoms with E-state index in [1.165, 1.54) is 47.8 Å². The summed E-state index contributed by atoms with van der Waals surface area (Å²) in [6, 6.07) is 0. The minimum Gasteiger partial charge on any atom is -0.317 e. The lowest BCUT2D eigenvalue weighted by Gasteiger charge is -2.34. The predicted molar refractivity (Wildman–Crippen MR) is 83.8 cm³/mol. The SMILES string of the molecule is CCNCC1CCC(C)CC1Cc1nc(C)c(C)s1. The number of hydrogen-bond acceptors (Lipinski definition) is 3. The molecule has 1 saturated carbocycles. The van der Waals surface area contributed by atoms with Gasteiger partial charge in [-0.15, -0.1) is 11.3 Å². The largest absolute Gasteiger partial charge is 0.317 e. The van der Waals surface area contributed by atoms with Crippen molar-refractivity contribution >= 4 is 11.3 Å². The van der Waals surface area contributed by atoms with Gasteiger partial charge in [-0.3, -0.25) is 0 Å². The van der Waals surface area contributed by atoms with Gasteiger partial charge in [0.2, 0.25) is 0 Å². The average molecular weight is 280 g/mol. The van der Waals surface area contributed by atoms with Crippen LogP contribution in [0.1, 0.15) is 48.7 Å². The van der Waals surface area contributed by atoms with E-state index in [9.17, 15) is 0 Å². The molecule has 3 heteroatoms. The zero-order valence-corrected chi connectivity index (χ0v) is 13.6. The van der Waals surface area contributed by atoms with E-state index in [0.29, 0.717) is 0 Å². The first-order valence-electron chi connectivity index (χ1n) is 7.73. The quantitative estimate of drug-likeness (QED) is 0.883.